The van der Waals surface area contributed by atoms with Crippen LogP contribution < -0.4 is 11.1 Å². The van der Waals surface area contributed by atoms with Gasteiger partial charge in [0.2, 0.25) is 0 Å². The molecule has 0 aliphatic carbocycles. The summed E-state index contributed by atoms with van der Waals surface area (Å²) in [5.74, 6) is 0. The van der Waals surface area contributed by atoms with Crippen molar-refractivity contribution in [2.24, 2.45) is 5.73 Å². The van der Waals surface area contributed by atoms with Gasteiger partial charge in [0.05, 0.1) is 0 Å². The molecule has 0 fully saturated rings. The van der Waals surface area contributed by atoms with Crippen molar-refractivity contribution in [2.45, 2.75) is 13.8 Å². The van der Waals surface area contributed by atoms with Crippen molar-refractivity contribution in [3.63, 3.8) is 0 Å². The fourth-order valence-electron chi connectivity index (χ4n) is 1.43. The monoisotopic (exact) mass is 255 g/mol. The molecule has 0 unspecified atom stereocenters. The number of benzene rings is 1. The minimum atomic E-state index is -0.155. The van der Waals surface area contributed by atoms with Crippen LogP contribution in [0.2, 0.25) is 5.02 Å². The second kappa shape index (κ2) is 6.47. The number of carbonyl (C=O) groups excluding carboxylic acids is 1. The standard InChI is InChI=1S/C12H18ClN3O/c1-3-16(7-6-14)12(17)15-10-5-4-9(2)11(13)8-10/h4-5,8H,3,6-7,14H2,1-2H3,(H,15,17). The highest BCUT2D eigenvalue weighted by Gasteiger charge is 2.10. The molecule has 0 aromatic heterocycles. The van der Waals surface area contributed by atoms with Crippen molar-refractivity contribution < 1.29 is 4.79 Å². The lowest BCUT2D eigenvalue weighted by atomic mass is 10.2. The van der Waals surface area contributed by atoms with E-state index in [0.29, 0.717) is 30.3 Å². The first-order valence-corrected chi connectivity index (χ1v) is 5.98. The van der Waals surface area contributed by atoms with Gasteiger partial charge in [-0.1, -0.05) is 17.7 Å². The molecule has 0 radical (unpaired) electrons. The molecule has 5 heteroatoms. The third-order valence-corrected chi connectivity index (χ3v) is 2.90. The Balaban J connectivity index is 2.69. The summed E-state index contributed by atoms with van der Waals surface area (Å²) in [6.07, 6.45) is 0. The second-order valence-electron chi connectivity index (χ2n) is 3.76. The number of nitrogens with one attached hydrogen (secondary N) is 1. The van der Waals surface area contributed by atoms with Crippen LogP contribution in [0.5, 0.6) is 0 Å². The van der Waals surface area contributed by atoms with E-state index >= 15 is 0 Å². The highest BCUT2D eigenvalue weighted by atomic mass is 35.5. The largest absolute Gasteiger partial charge is 0.329 e. The molecular formula is C12H18ClN3O. The predicted molar refractivity (Wildman–Crippen MR) is 71.5 cm³/mol. The minimum Gasteiger partial charge on any atom is -0.329 e. The second-order valence-corrected chi connectivity index (χ2v) is 4.17. The van der Waals surface area contributed by atoms with Gasteiger partial charge in [-0.05, 0) is 31.5 Å². The zero-order chi connectivity index (χ0) is 12.8. The average molecular weight is 256 g/mol. The number of anilines is 1. The number of aryl methyl sites for hydroxylation is 1. The van der Waals surface area contributed by atoms with Crippen LogP contribution in [0.1, 0.15) is 12.5 Å². The smallest absolute Gasteiger partial charge is 0.321 e. The molecule has 0 aliphatic rings. The van der Waals surface area contributed by atoms with Crippen molar-refractivity contribution in [3.8, 4) is 0 Å². The van der Waals surface area contributed by atoms with E-state index in [4.69, 9.17) is 17.3 Å². The van der Waals surface area contributed by atoms with Crippen molar-refractivity contribution >= 4 is 23.3 Å². The molecule has 2 amide bonds. The summed E-state index contributed by atoms with van der Waals surface area (Å²) < 4.78 is 0. The Morgan fingerprint density at radius 3 is 2.76 bits per heavy atom. The number of hydrogen-bond acceptors (Lipinski definition) is 2. The van der Waals surface area contributed by atoms with Crippen molar-refractivity contribution in [3.05, 3.63) is 28.8 Å². The topological polar surface area (TPSA) is 58.4 Å². The van der Waals surface area contributed by atoms with Crippen LogP contribution in [-0.2, 0) is 0 Å². The lowest BCUT2D eigenvalue weighted by Gasteiger charge is -2.20. The third kappa shape index (κ3) is 3.91. The molecule has 0 spiro atoms. The molecule has 1 aromatic rings. The Bertz CT molecular complexity index is 395. The highest BCUT2D eigenvalue weighted by molar-refractivity contribution is 6.31. The van der Waals surface area contributed by atoms with Gasteiger partial charge in [0, 0.05) is 30.3 Å². The van der Waals surface area contributed by atoms with Gasteiger partial charge in [-0.15, -0.1) is 0 Å². The molecule has 0 aliphatic heterocycles. The lowest BCUT2D eigenvalue weighted by Crippen LogP contribution is -2.38. The summed E-state index contributed by atoms with van der Waals surface area (Å²) in [5, 5.41) is 3.44. The quantitative estimate of drug-likeness (QED) is 0.868. The number of nitrogens with two attached hydrogens (primary N) is 1. The van der Waals surface area contributed by atoms with Gasteiger partial charge >= 0.3 is 6.03 Å². The molecule has 0 atom stereocenters. The molecular weight excluding hydrogens is 238 g/mol. The first kappa shape index (κ1) is 13.8. The number of halogens is 1. The molecule has 1 rings (SSSR count). The molecule has 0 saturated heterocycles. The molecule has 1 aromatic carbocycles. The summed E-state index contributed by atoms with van der Waals surface area (Å²) in [6.45, 7) is 5.46. The van der Waals surface area contributed by atoms with E-state index < -0.39 is 0 Å². The van der Waals surface area contributed by atoms with E-state index in [1.807, 2.05) is 26.0 Å². The minimum absolute atomic E-state index is 0.155. The first-order chi connectivity index (χ1) is 8.08. The zero-order valence-corrected chi connectivity index (χ0v) is 10.9. The van der Waals surface area contributed by atoms with Crippen molar-refractivity contribution in [1.82, 2.24) is 4.90 Å². The zero-order valence-electron chi connectivity index (χ0n) is 10.2. The average Bonchev–Trinajstić information content (AvgIpc) is 2.30. The van der Waals surface area contributed by atoms with Crippen LogP contribution in [0.4, 0.5) is 10.5 Å². The van der Waals surface area contributed by atoms with Gasteiger partial charge < -0.3 is 16.0 Å². The lowest BCUT2D eigenvalue weighted by molar-refractivity contribution is 0.216. The predicted octanol–water partition coefficient (Wildman–Crippen LogP) is 2.46. The normalized spacial score (nSPS) is 10.1. The summed E-state index contributed by atoms with van der Waals surface area (Å²) in [4.78, 5) is 13.5. The van der Waals surface area contributed by atoms with Gasteiger partial charge in [0.25, 0.3) is 0 Å². The highest BCUT2D eigenvalue weighted by Crippen LogP contribution is 2.20. The Labute approximate surface area is 107 Å². The van der Waals surface area contributed by atoms with Crippen LogP contribution in [-0.4, -0.2) is 30.6 Å². The summed E-state index contributed by atoms with van der Waals surface area (Å²) in [6, 6.07) is 5.29. The van der Waals surface area contributed by atoms with E-state index in [-0.39, 0.29) is 6.03 Å². The van der Waals surface area contributed by atoms with E-state index in [1.54, 1.807) is 11.0 Å². The fraction of sp³-hybridized carbons (Fsp3) is 0.417. The van der Waals surface area contributed by atoms with Gasteiger partial charge in [-0.25, -0.2) is 4.79 Å². The summed E-state index contributed by atoms with van der Waals surface area (Å²) >= 11 is 5.99. The Kier molecular flexibility index (Phi) is 5.25. The molecule has 0 saturated carbocycles. The first-order valence-electron chi connectivity index (χ1n) is 5.60. The Hall–Kier alpha value is -1.26. The number of nitrogens with zero attached hydrogens (tertiary/aromatic N) is 1. The summed E-state index contributed by atoms with van der Waals surface area (Å²) in [7, 11) is 0. The molecule has 0 heterocycles. The fourth-order valence-corrected chi connectivity index (χ4v) is 1.61. The van der Waals surface area contributed by atoms with Gasteiger partial charge in [0.1, 0.15) is 0 Å². The van der Waals surface area contributed by atoms with Gasteiger partial charge in [-0.3, -0.25) is 0 Å². The molecule has 94 valence electrons. The van der Waals surface area contributed by atoms with E-state index in [9.17, 15) is 4.79 Å². The van der Waals surface area contributed by atoms with Crippen LogP contribution in [0, 0.1) is 6.92 Å². The van der Waals surface area contributed by atoms with Gasteiger partial charge in [0.15, 0.2) is 0 Å². The molecule has 0 bridgehead atoms. The maximum absolute atomic E-state index is 11.8. The maximum Gasteiger partial charge on any atom is 0.321 e. The molecule has 4 nitrogen and oxygen atoms in total. The van der Waals surface area contributed by atoms with E-state index in [0.717, 1.165) is 5.56 Å². The van der Waals surface area contributed by atoms with Crippen LogP contribution in [0.25, 0.3) is 0 Å². The maximum atomic E-state index is 11.8. The number of hydrogen-bond donors (Lipinski definition) is 2. The molecule has 17 heavy (non-hydrogen) atoms. The SMILES string of the molecule is CCN(CCN)C(=O)Nc1ccc(C)c(Cl)c1. The number of rotatable bonds is 4. The van der Waals surface area contributed by atoms with Crippen molar-refractivity contribution in [2.75, 3.05) is 25.0 Å². The Morgan fingerprint density at radius 2 is 2.24 bits per heavy atom. The van der Waals surface area contributed by atoms with E-state index in [1.165, 1.54) is 0 Å². The van der Waals surface area contributed by atoms with Gasteiger partial charge in [-0.2, -0.15) is 0 Å². The van der Waals surface area contributed by atoms with E-state index in [2.05, 4.69) is 5.32 Å². The third-order valence-electron chi connectivity index (χ3n) is 2.49. The Morgan fingerprint density at radius 1 is 1.53 bits per heavy atom. The van der Waals surface area contributed by atoms with Crippen molar-refractivity contribution in [1.29, 1.82) is 0 Å². The number of likely N-dealkylation sites (N-methyl/N-ethyl adjacent to an activating group) is 1. The molecule has 3 N–H and O–H groups in total. The van der Waals surface area contributed by atoms with Crippen LogP contribution in [0.3, 0.4) is 0 Å². The number of carbonyl (C=O) groups is 1. The van der Waals surface area contributed by atoms with Crippen LogP contribution >= 0.6 is 11.6 Å². The number of amides is 2. The number of urea groups is 1. The van der Waals surface area contributed by atoms with Crippen LogP contribution in [0.15, 0.2) is 18.2 Å². The summed E-state index contributed by atoms with van der Waals surface area (Å²) in [5.41, 5.74) is 7.12.